The van der Waals surface area contributed by atoms with Crippen LogP contribution in [-0.2, 0) is 0 Å². The number of ketones is 1. The molecule has 3 nitrogen and oxygen atoms in total. The highest BCUT2D eigenvalue weighted by atomic mass is 79.9. The van der Waals surface area contributed by atoms with Gasteiger partial charge in [-0.05, 0) is 26.0 Å². The fraction of sp³-hybridized carbons (Fsp3) is 0.158. The summed E-state index contributed by atoms with van der Waals surface area (Å²) >= 11 is 1.55. The molecule has 0 radical (unpaired) electrons. The molecule has 5 heteroatoms. The van der Waals surface area contributed by atoms with Gasteiger partial charge in [0.05, 0.1) is 12.2 Å². The summed E-state index contributed by atoms with van der Waals surface area (Å²) in [6, 6.07) is 17.6. The molecule has 3 aromatic rings. The smallest absolute Gasteiger partial charge is 0.190 e. The largest absolute Gasteiger partial charge is 0.310 e. The Kier molecular flexibility index (Phi) is 6.29. The number of Topliss-reactive ketones (excluding diaryl/α,β-unsaturated/α-hetero) is 1. The maximum absolute atomic E-state index is 12.7. The first-order valence-electron chi connectivity index (χ1n) is 7.48. The number of hydrogen-bond acceptors (Lipinski definition) is 4. The van der Waals surface area contributed by atoms with E-state index in [0.717, 1.165) is 27.6 Å². The van der Waals surface area contributed by atoms with Crippen LogP contribution < -0.4 is 4.90 Å². The number of nitrogens with zero attached hydrogens (tertiary/aromatic N) is 2. The Bertz CT molecular complexity index is 800. The van der Waals surface area contributed by atoms with Crippen LogP contribution in [0.15, 0.2) is 60.0 Å². The molecule has 0 fully saturated rings. The van der Waals surface area contributed by atoms with Crippen LogP contribution >= 0.6 is 28.3 Å². The molecule has 0 atom stereocenters. The summed E-state index contributed by atoms with van der Waals surface area (Å²) in [4.78, 5) is 19.2. The van der Waals surface area contributed by atoms with Gasteiger partial charge in [0, 0.05) is 16.6 Å². The summed E-state index contributed by atoms with van der Waals surface area (Å²) in [7, 11) is 0. The quantitative estimate of drug-likeness (QED) is 0.538. The third-order valence-corrected chi connectivity index (χ3v) is 4.56. The Morgan fingerprint density at radius 1 is 1.04 bits per heavy atom. The van der Waals surface area contributed by atoms with E-state index in [1.165, 1.54) is 0 Å². The van der Waals surface area contributed by atoms with E-state index in [1.807, 2.05) is 78.7 Å². The van der Waals surface area contributed by atoms with E-state index >= 15 is 0 Å². The Morgan fingerprint density at radius 2 is 1.71 bits per heavy atom. The highest BCUT2D eigenvalue weighted by Crippen LogP contribution is 2.28. The van der Waals surface area contributed by atoms with Crippen molar-refractivity contribution in [3.63, 3.8) is 0 Å². The highest BCUT2D eigenvalue weighted by molar-refractivity contribution is 8.93. The van der Waals surface area contributed by atoms with Gasteiger partial charge in [-0.3, -0.25) is 4.79 Å². The standard InChI is InChI=1S/C19H18N2OS.BrH/c1-14-8-10-16(11-9-14)18(22)12-21(17-6-4-3-5-7-17)19-20-15(2)13-23-19;/h3-11,13H,12H2,1-2H3;1H. The predicted octanol–water partition coefficient (Wildman–Crippen LogP) is 5.36. The van der Waals surface area contributed by atoms with Crippen LogP contribution in [0.2, 0.25) is 0 Å². The second-order valence-electron chi connectivity index (χ2n) is 5.48. The van der Waals surface area contributed by atoms with E-state index in [0.29, 0.717) is 0 Å². The maximum Gasteiger partial charge on any atom is 0.190 e. The van der Waals surface area contributed by atoms with Crippen LogP contribution in [0.25, 0.3) is 0 Å². The van der Waals surface area contributed by atoms with Crippen molar-refractivity contribution >= 4 is 44.9 Å². The van der Waals surface area contributed by atoms with Gasteiger partial charge in [0.2, 0.25) is 0 Å². The Hall–Kier alpha value is -1.98. The monoisotopic (exact) mass is 402 g/mol. The number of carbonyl (C=O) groups excluding carboxylic acids is 1. The number of benzene rings is 2. The van der Waals surface area contributed by atoms with Crippen molar-refractivity contribution in [2.24, 2.45) is 0 Å². The van der Waals surface area contributed by atoms with Crippen LogP contribution in [0.3, 0.4) is 0 Å². The molecular formula is C19H19BrN2OS. The van der Waals surface area contributed by atoms with Gasteiger partial charge in [0.25, 0.3) is 0 Å². The molecule has 1 heterocycles. The Morgan fingerprint density at radius 3 is 2.29 bits per heavy atom. The average molecular weight is 403 g/mol. The third-order valence-electron chi connectivity index (χ3n) is 3.58. The number of aromatic nitrogens is 1. The molecular weight excluding hydrogens is 384 g/mol. The van der Waals surface area contributed by atoms with E-state index in [9.17, 15) is 4.79 Å². The lowest BCUT2D eigenvalue weighted by Crippen LogP contribution is -2.25. The average Bonchev–Trinajstić information content (AvgIpc) is 3.00. The summed E-state index contributed by atoms with van der Waals surface area (Å²) in [5.41, 5.74) is 3.82. The van der Waals surface area contributed by atoms with Crippen molar-refractivity contribution in [2.45, 2.75) is 13.8 Å². The summed E-state index contributed by atoms with van der Waals surface area (Å²) < 4.78 is 0. The normalized spacial score (nSPS) is 10.1. The Balaban J connectivity index is 0.00000208. The van der Waals surface area contributed by atoms with E-state index in [4.69, 9.17) is 0 Å². The number of halogens is 1. The molecule has 0 saturated heterocycles. The van der Waals surface area contributed by atoms with Crippen molar-refractivity contribution in [3.8, 4) is 0 Å². The van der Waals surface area contributed by atoms with Crippen molar-refractivity contribution in [1.82, 2.24) is 4.98 Å². The van der Waals surface area contributed by atoms with Crippen molar-refractivity contribution in [3.05, 3.63) is 76.8 Å². The molecule has 0 aliphatic carbocycles. The zero-order chi connectivity index (χ0) is 16.2. The summed E-state index contributed by atoms with van der Waals surface area (Å²) in [6.07, 6.45) is 0. The molecule has 124 valence electrons. The fourth-order valence-electron chi connectivity index (χ4n) is 2.32. The molecule has 0 aliphatic heterocycles. The molecule has 0 unspecified atom stereocenters. The van der Waals surface area contributed by atoms with Gasteiger partial charge in [0.1, 0.15) is 0 Å². The van der Waals surface area contributed by atoms with Gasteiger partial charge in [-0.2, -0.15) is 0 Å². The van der Waals surface area contributed by atoms with Gasteiger partial charge < -0.3 is 4.90 Å². The number of aryl methyl sites for hydroxylation is 2. The van der Waals surface area contributed by atoms with Crippen LogP contribution in [-0.4, -0.2) is 17.3 Å². The SMILES string of the molecule is Br.Cc1ccc(C(=O)CN(c2ccccc2)c2nc(C)cs2)cc1. The van der Waals surface area contributed by atoms with Crippen LogP contribution in [0.4, 0.5) is 10.8 Å². The summed E-state index contributed by atoms with van der Waals surface area (Å²) in [6.45, 7) is 4.26. The molecule has 0 aliphatic rings. The van der Waals surface area contributed by atoms with E-state index in [2.05, 4.69) is 4.98 Å². The lowest BCUT2D eigenvalue weighted by atomic mass is 10.1. The van der Waals surface area contributed by atoms with Gasteiger partial charge in [-0.25, -0.2) is 4.98 Å². The maximum atomic E-state index is 12.7. The summed E-state index contributed by atoms with van der Waals surface area (Å²) in [5.74, 6) is 0.0849. The minimum absolute atomic E-state index is 0. The molecule has 0 amide bonds. The molecule has 0 spiro atoms. The number of anilines is 2. The topological polar surface area (TPSA) is 33.2 Å². The second-order valence-corrected chi connectivity index (χ2v) is 6.32. The minimum Gasteiger partial charge on any atom is -0.310 e. The number of para-hydroxylation sites is 1. The van der Waals surface area contributed by atoms with Crippen molar-refractivity contribution in [1.29, 1.82) is 0 Å². The molecule has 2 aromatic carbocycles. The van der Waals surface area contributed by atoms with Gasteiger partial charge in [-0.1, -0.05) is 48.0 Å². The summed E-state index contributed by atoms with van der Waals surface area (Å²) in [5, 5.41) is 2.84. The molecule has 24 heavy (non-hydrogen) atoms. The fourth-order valence-corrected chi connectivity index (χ4v) is 3.14. The first-order chi connectivity index (χ1) is 11.1. The van der Waals surface area contributed by atoms with Crippen molar-refractivity contribution in [2.75, 3.05) is 11.4 Å². The molecule has 0 bridgehead atoms. The highest BCUT2D eigenvalue weighted by Gasteiger charge is 2.17. The van der Waals surface area contributed by atoms with E-state index < -0.39 is 0 Å². The zero-order valence-electron chi connectivity index (χ0n) is 13.6. The first-order valence-corrected chi connectivity index (χ1v) is 8.36. The van der Waals surface area contributed by atoms with E-state index in [1.54, 1.807) is 11.3 Å². The van der Waals surface area contributed by atoms with Crippen LogP contribution in [0.5, 0.6) is 0 Å². The lowest BCUT2D eigenvalue weighted by Gasteiger charge is -2.21. The molecule has 3 rings (SSSR count). The van der Waals surface area contributed by atoms with Crippen LogP contribution in [0.1, 0.15) is 21.6 Å². The number of rotatable bonds is 5. The lowest BCUT2D eigenvalue weighted by molar-refractivity contribution is 0.100. The number of carbonyl (C=O) groups is 1. The number of hydrogen-bond donors (Lipinski definition) is 0. The zero-order valence-corrected chi connectivity index (χ0v) is 16.1. The first kappa shape index (κ1) is 18.4. The molecule has 0 N–H and O–H groups in total. The Labute approximate surface area is 156 Å². The van der Waals surface area contributed by atoms with Crippen LogP contribution in [0, 0.1) is 13.8 Å². The molecule has 0 saturated carbocycles. The number of thiazole rings is 1. The molecule has 1 aromatic heterocycles. The van der Waals surface area contributed by atoms with Gasteiger partial charge in [-0.15, -0.1) is 28.3 Å². The van der Waals surface area contributed by atoms with Gasteiger partial charge >= 0.3 is 0 Å². The third kappa shape index (κ3) is 4.30. The minimum atomic E-state index is 0. The van der Waals surface area contributed by atoms with E-state index in [-0.39, 0.29) is 29.3 Å². The van der Waals surface area contributed by atoms with Gasteiger partial charge in [0.15, 0.2) is 10.9 Å². The second kappa shape index (κ2) is 8.22. The predicted molar refractivity (Wildman–Crippen MR) is 106 cm³/mol. The van der Waals surface area contributed by atoms with Crippen molar-refractivity contribution < 1.29 is 4.79 Å².